The number of hydrogen-bond acceptors (Lipinski definition) is 5. The monoisotopic (exact) mass is 359 g/mol. The molecule has 6 nitrogen and oxygen atoms in total. The van der Waals surface area contributed by atoms with Crippen molar-refractivity contribution in [2.24, 2.45) is 0 Å². The quantitative estimate of drug-likeness (QED) is 0.654. The molecular weight excluding hydrogens is 345 g/mol. The van der Waals surface area contributed by atoms with Gasteiger partial charge in [0, 0.05) is 13.6 Å². The number of amides is 1. The third-order valence-corrected chi connectivity index (χ3v) is 4.66. The lowest BCUT2D eigenvalue weighted by molar-refractivity contribution is -0.127. The summed E-state index contributed by atoms with van der Waals surface area (Å²) in [6.45, 7) is 2.19. The molecule has 9 heteroatoms. The smallest absolute Gasteiger partial charge is 0.233 e. The molecule has 0 aliphatic carbocycles. The van der Waals surface area contributed by atoms with Gasteiger partial charge in [-0.25, -0.2) is 4.68 Å². The standard InChI is InChI=1S/C13H15Cl2N5OS/c1-8-17-18-13(20(8)16)22-7-12(21)19(2)6-9-3-4-10(14)11(15)5-9/h3-5H,6-7,16H2,1-2H3. The fraction of sp³-hybridized carbons (Fsp3) is 0.308. The Hall–Kier alpha value is -1.44. The van der Waals surface area contributed by atoms with Crippen molar-refractivity contribution < 1.29 is 4.79 Å². The predicted octanol–water partition coefficient (Wildman–Crippen LogP) is 2.36. The van der Waals surface area contributed by atoms with Gasteiger partial charge in [0.1, 0.15) is 5.82 Å². The fourth-order valence-corrected chi connectivity index (χ4v) is 2.85. The average molecular weight is 360 g/mol. The van der Waals surface area contributed by atoms with E-state index in [1.54, 1.807) is 31.0 Å². The van der Waals surface area contributed by atoms with E-state index >= 15 is 0 Å². The van der Waals surface area contributed by atoms with Crippen molar-refractivity contribution in [3.05, 3.63) is 39.6 Å². The van der Waals surface area contributed by atoms with E-state index in [1.807, 2.05) is 6.07 Å². The molecule has 22 heavy (non-hydrogen) atoms. The molecule has 1 heterocycles. The molecule has 1 aromatic heterocycles. The van der Waals surface area contributed by atoms with Crippen LogP contribution in [0.1, 0.15) is 11.4 Å². The second-order valence-electron chi connectivity index (χ2n) is 4.69. The minimum atomic E-state index is -0.0447. The maximum absolute atomic E-state index is 12.1. The van der Waals surface area contributed by atoms with Gasteiger partial charge in [0.05, 0.1) is 15.8 Å². The largest absolute Gasteiger partial charge is 0.341 e. The summed E-state index contributed by atoms with van der Waals surface area (Å²) in [7, 11) is 1.73. The van der Waals surface area contributed by atoms with Crippen LogP contribution in [0.5, 0.6) is 0 Å². The number of nitrogens with zero attached hydrogens (tertiary/aromatic N) is 4. The highest BCUT2D eigenvalue weighted by atomic mass is 35.5. The van der Waals surface area contributed by atoms with Crippen LogP contribution in [0, 0.1) is 6.92 Å². The molecule has 0 spiro atoms. The molecule has 0 fully saturated rings. The molecule has 0 saturated carbocycles. The molecule has 0 bridgehead atoms. The van der Waals surface area contributed by atoms with Gasteiger partial charge in [-0.3, -0.25) is 4.79 Å². The Morgan fingerprint density at radius 3 is 2.68 bits per heavy atom. The third kappa shape index (κ3) is 4.06. The number of carbonyl (C=O) groups excluding carboxylic acids is 1. The van der Waals surface area contributed by atoms with E-state index in [2.05, 4.69) is 10.2 Å². The number of hydrogen-bond donors (Lipinski definition) is 1. The van der Waals surface area contributed by atoms with Crippen LogP contribution >= 0.6 is 35.0 Å². The van der Waals surface area contributed by atoms with Crippen molar-refractivity contribution in [3.8, 4) is 0 Å². The Morgan fingerprint density at radius 2 is 2.09 bits per heavy atom. The van der Waals surface area contributed by atoms with Gasteiger partial charge >= 0.3 is 0 Å². The van der Waals surface area contributed by atoms with E-state index in [9.17, 15) is 4.79 Å². The van der Waals surface area contributed by atoms with Gasteiger partial charge in [0.2, 0.25) is 11.1 Å². The van der Waals surface area contributed by atoms with Crippen LogP contribution in [0.4, 0.5) is 0 Å². The predicted molar refractivity (Wildman–Crippen MR) is 88.6 cm³/mol. The fourth-order valence-electron chi connectivity index (χ4n) is 1.68. The molecule has 1 amide bonds. The summed E-state index contributed by atoms with van der Waals surface area (Å²) in [5.74, 6) is 6.52. The molecule has 0 saturated heterocycles. The van der Waals surface area contributed by atoms with Crippen molar-refractivity contribution in [2.75, 3.05) is 18.6 Å². The molecule has 2 aromatic rings. The molecule has 0 aliphatic rings. The number of rotatable bonds is 5. The van der Waals surface area contributed by atoms with Crippen molar-refractivity contribution in [1.29, 1.82) is 0 Å². The van der Waals surface area contributed by atoms with Gasteiger partial charge in [-0.05, 0) is 24.6 Å². The Kier molecular flexibility index (Phi) is 5.55. The van der Waals surface area contributed by atoms with Crippen LogP contribution in [0.2, 0.25) is 10.0 Å². The summed E-state index contributed by atoms with van der Waals surface area (Å²) in [5, 5.41) is 9.21. The van der Waals surface area contributed by atoms with Gasteiger partial charge in [-0.1, -0.05) is 41.0 Å². The summed E-state index contributed by atoms with van der Waals surface area (Å²) >= 11 is 13.1. The lowest BCUT2D eigenvalue weighted by Gasteiger charge is -2.17. The van der Waals surface area contributed by atoms with Crippen molar-refractivity contribution in [1.82, 2.24) is 19.8 Å². The third-order valence-electron chi connectivity index (χ3n) is 2.99. The Balaban J connectivity index is 1.91. The van der Waals surface area contributed by atoms with Crippen LogP contribution in [-0.4, -0.2) is 38.5 Å². The highest BCUT2D eigenvalue weighted by molar-refractivity contribution is 7.99. The summed E-state index contributed by atoms with van der Waals surface area (Å²) < 4.78 is 1.36. The number of nitrogen functional groups attached to an aromatic ring is 1. The number of nitrogens with two attached hydrogens (primary N) is 1. The van der Waals surface area contributed by atoms with Crippen molar-refractivity contribution in [2.45, 2.75) is 18.6 Å². The zero-order valence-electron chi connectivity index (χ0n) is 12.1. The van der Waals surface area contributed by atoms with Crippen molar-refractivity contribution in [3.63, 3.8) is 0 Å². The number of halogens is 2. The summed E-state index contributed by atoms with van der Waals surface area (Å²) in [6.07, 6.45) is 0. The number of benzene rings is 1. The number of thioether (sulfide) groups is 1. The van der Waals surface area contributed by atoms with E-state index in [0.29, 0.717) is 27.6 Å². The van der Waals surface area contributed by atoms with Gasteiger partial charge in [0.25, 0.3) is 0 Å². The summed E-state index contributed by atoms with van der Waals surface area (Å²) in [6, 6.07) is 5.30. The minimum absolute atomic E-state index is 0.0447. The molecule has 0 unspecified atom stereocenters. The Labute approximate surface area is 142 Å². The number of carbonyl (C=O) groups is 1. The zero-order chi connectivity index (χ0) is 16.3. The SMILES string of the molecule is Cc1nnc(SCC(=O)N(C)Cc2ccc(Cl)c(Cl)c2)n1N. The second-order valence-corrected chi connectivity index (χ2v) is 6.44. The van der Waals surface area contributed by atoms with Gasteiger partial charge in [-0.2, -0.15) is 0 Å². The van der Waals surface area contributed by atoms with Crippen LogP contribution < -0.4 is 5.84 Å². The molecule has 0 aliphatic heterocycles. The molecular formula is C13H15Cl2N5OS. The second kappa shape index (κ2) is 7.21. The van der Waals surface area contributed by atoms with E-state index < -0.39 is 0 Å². The Morgan fingerprint density at radius 1 is 1.36 bits per heavy atom. The highest BCUT2D eigenvalue weighted by Gasteiger charge is 2.13. The molecule has 0 atom stereocenters. The van der Waals surface area contributed by atoms with E-state index in [-0.39, 0.29) is 11.7 Å². The average Bonchev–Trinajstić information content (AvgIpc) is 2.80. The first-order valence-corrected chi connectivity index (χ1v) is 8.10. The van der Waals surface area contributed by atoms with Crippen LogP contribution in [0.15, 0.2) is 23.4 Å². The van der Waals surface area contributed by atoms with Crippen LogP contribution in [0.3, 0.4) is 0 Å². The normalized spacial score (nSPS) is 10.7. The molecule has 2 rings (SSSR count). The molecule has 1 aromatic carbocycles. The van der Waals surface area contributed by atoms with E-state index in [4.69, 9.17) is 29.0 Å². The zero-order valence-corrected chi connectivity index (χ0v) is 14.4. The Bertz CT molecular complexity index is 691. The van der Waals surface area contributed by atoms with Gasteiger partial charge in [0.15, 0.2) is 0 Å². The van der Waals surface area contributed by atoms with E-state index in [0.717, 1.165) is 5.56 Å². The molecule has 2 N–H and O–H groups in total. The van der Waals surface area contributed by atoms with Gasteiger partial charge in [-0.15, -0.1) is 10.2 Å². The van der Waals surface area contributed by atoms with Crippen molar-refractivity contribution >= 4 is 40.9 Å². The van der Waals surface area contributed by atoms with Crippen LogP contribution in [-0.2, 0) is 11.3 Å². The topological polar surface area (TPSA) is 77.0 Å². The maximum Gasteiger partial charge on any atom is 0.233 e. The molecule has 0 radical (unpaired) electrons. The first kappa shape index (κ1) is 16.9. The first-order valence-electron chi connectivity index (χ1n) is 6.36. The molecule has 118 valence electrons. The first-order chi connectivity index (χ1) is 10.4. The lowest BCUT2D eigenvalue weighted by Crippen LogP contribution is -2.28. The summed E-state index contributed by atoms with van der Waals surface area (Å²) in [5.41, 5.74) is 0.910. The van der Waals surface area contributed by atoms with Crippen LogP contribution in [0.25, 0.3) is 0 Å². The highest BCUT2D eigenvalue weighted by Crippen LogP contribution is 2.23. The number of aromatic nitrogens is 3. The van der Waals surface area contributed by atoms with Gasteiger partial charge < -0.3 is 10.7 Å². The number of aryl methyl sites for hydroxylation is 1. The lowest BCUT2D eigenvalue weighted by atomic mass is 10.2. The summed E-state index contributed by atoms with van der Waals surface area (Å²) in [4.78, 5) is 13.7. The minimum Gasteiger partial charge on any atom is -0.341 e. The maximum atomic E-state index is 12.1. The van der Waals surface area contributed by atoms with E-state index in [1.165, 1.54) is 16.4 Å².